The summed E-state index contributed by atoms with van der Waals surface area (Å²) in [7, 11) is 0. The molecule has 2 aliphatic rings. The van der Waals surface area contributed by atoms with Gasteiger partial charge < -0.3 is 4.98 Å². The number of aromatic amines is 1. The fraction of sp³-hybridized carbons (Fsp3) is 0.714. The highest BCUT2D eigenvalue weighted by molar-refractivity contribution is 5.67. The molecule has 0 saturated carbocycles. The monoisotopic (exact) mass is 395 g/mol. The normalized spacial score (nSPS) is 21.1. The van der Waals surface area contributed by atoms with E-state index in [1.54, 1.807) is 11.1 Å². The lowest BCUT2D eigenvalue weighted by Crippen LogP contribution is -2.49. The first-order valence-electron chi connectivity index (χ1n) is 11.5. The average Bonchev–Trinajstić information content (AvgIpc) is 2.86. The third kappa shape index (κ3) is 3.10. The SMILES string of the molecule is CC(C)(C)C1(C(C)(C)C)C=Cc2[nH]c3c(c2C1)CC(C(C)(C)C)(C(C)(C)C)C=C3. The molecule has 1 N–H and O–H groups in total. The summed E-state index contributed by atoms with van der Waals surface area (Å²) in [6, 6.07) is 0. The minimum atomic E-state index is 0.135. The second kappa shape index (κ2) is 6.14. The lowest BCUT2D eigenvalue weighted by atomic mass is 9.49. The van der Waals surface area contributed by atoms with Crippen LogP contribution in [0, 0.1) is 32.5 Å². The summed E-state index contributed by atoms with van der Waals surface area (Å²) in [5.41, 5.74) is 6.85. The second-order valence-electron chi connectivity index (χ2n) is 13.9. The van der Waals surface area contributed by atoms with E-state index < -0.39 is 0 Å². The largest absolute Gasteiger partial charge is 0.355 e. The first kappa shape index (κ1) is 22.4. The van der Waals surface area contributed by atoms with Crippen LogP contribution in [0.2, 0.25) is 0 Å². The van der Waals surface area contributed by atoms with Crippen molar-refractivity contribution in [1.82, 2.24) is 4.98 Å². The first-order valence-corrected chi connectivity index (χ1v) is 11.5. The van der Waals surface area contributed by atoms with Gasteiger partial charge in [0, 0.05) is 22.2 Å². The third-order valence-electron chi connectivity index (χ3n) is 8.62. The fourth-order valence-corrected chi connectivity index (χ4v) is 6.75. The topological polar surface area (TPSA) is 15.8 Å². The number of nitrogens with one attached hydrogen (secondary N) is 1. The lowest BCUT2D eigenvalue weighted by Gasteiger charge is -2.55. The van der Waals surface area contributed by atoms with E-state index in [-0.39, 0.29) is 32.5 Å². The van der Waals surface area contributed by atoms with Crippen molar-refractivity contribution in [3.8, 4) is 0 Å². The maximum Gasteiger partial charge on any atom is 0.0417 e. The predicted octanol–water partition coefficient (Wildman–Crippen LogP) is 8.31. The van der Waals surface area contributed by atoms with Gasteiger partial charge in [0.1, 0.15) is 0 Å². The van der Waals surface area contributed by atoms with E-state index >= 15 is 0 Å². The minimum Gasteiger partial charge on any atom is -0.355 e. The van der Waals surface area contributed by atoms with E-state index in [0.29, 0.717) is 0 Å². The minimum absolute atomic E-state index is 0.135. The van der Waals surface area contributed by atoms with Gasteiger partial charge in [-0.1, -0.05) is 95.2 Å². The van der Waals surface area contributed by atoms with E-state index in [1.165, 1.54) is 11.4 Å². The van der Waals surface area contributed by atoms with Gasteiger partial charge in [-0.2, -0.15) is 0 Å². The van der Waals surface area contributed by atoms with Crippen LogP contribution >= 0.6 is 0 Å². The van der Waals surface area contributed by atoms with Crippen LogP contribution in [0.1, 0.15) is 106 Å². The van der Waals surface area contributed by atoms with Crippen LogP contribution in [0.15, 0.2) is 12.2 Å². The van der Waals surface area contributed by atoms with Crippen LogP contribution < -0.4 is 0 Å². The highest BCUT2D eigenvalue weighted by Crippen LogP contribution is 2.60. The number of fused-ring (bicyclic) bond motifs is 3. The molecule has 1 aromatic rings. The molecule has 1 heteroatoms. The molecule has 0 bridgehead atoms. The summed E-state index contributed by atoms with van der Waals surface area (Å²) in [6.07, 6.45) is 12.0. The predicted molar refractivity (Wildman–Crippen MR) is 129 cm³/mol. The Labute approximate surface area is 180 Å². The molecule has 3 rings (SSSR count). The van der Waals surface area contributed by atoms with Crippen LogP contribution in [0.5, 0.6) is 0 Å². The number of hydrogen-bond donors (Lipinski definition) is 1. The summed E-state index contributed by atoms with van der Waals surface area (Å²) in [4.78, 5) is 3.76. The lowest BCUT2D eigenvalue weighted by molar-refractivity contribution is 0.0116. The Morgan fingerprint density at radius 1 is 0.552 bits per heavy atom. The van der Waals surface area contributed by atoms with Gasteiger partial charge in [0.2, 0.25) is 0 Å². The average molecular weight is 396 g/mol. The van der Waals surface area contributed by atoms with Crippen molar-refractivity contribution in [3.05, 3.63) is 34.7 Å². The van der Waals surface area contributed by atoms with Crippen LogP contribution in [0.3, 0.4) is 0 Å². The standard InChI is InChI=1S/C28H45N/c1-23(2,3)27(24(4,5)6)15-13-21-19(17-27)20-18-28(25(7,8)9,26(10,11)12)16-14-22(20)29-21/h13-16,29H,17-18H2,1-12H3. The molecule has 0 unspecified atom stereocenters. The number of H-pyrrole nitrogens is 1. The number of hydrogen-bond acceptors (Lipinski definition) is 0. The van der Waals surface area contributed by atoms with E-state index in [2.05, 4.69) is 112 Å². The van der Waals surface area contributed by atoms with E-state index in [0.717, 1.165) is 12.8 Å². The van der Waals surface area contributed by atoms with Crippen LogP contribution in [-0.2, 0) is 12.8 Å². The molecule has 2 aliphatic carbocycles. The van der Waals surface area contributed by atoms with Gasteiger partial charge in [-0.05, 0) is 57.8 Å². The van der Waals surface area contributed by atoms with Crippen LogP contribution in [-0.4, -0.2) is 4.98 Å². The molecule has 0 amide bonds. The zero-order valence-electron chi connectivity index (χ0n) is 21.2. The van der Waals surface area contributed by atoms with Crippen molar-refractivity contribution in [2.45, 2.75) is 95.9 Å². The molecule has 0 radical (unpaired) electrons. The van der Waals surface area contributed by atoms with Gasteiger partial charge in [0.25, 0.3) is 0 Å². The Hall–Kier alpha value is -1.24. The van der Waals surface area contributed by atoms with Crippen molar-refractivity contribution in [3.63, 3.8) is 0 Å². The molecule has 0 saturated heterocycles. The first-order chi connectivity index (χ1) is 12.9. The molecule has 1 aromatic heterocycles. The van der Waals surface area contributed by atoms with Gasteiger partial charge in [0.05, 0.1) is 0 Å². The number of aromatic nitrogens is 1. The summed E-state index contributed by atoms with van der Waals surface area (Å²) >= 11 is 0. The Morgan fingerprint density at radius 2 is 0.828 bits per heavy atom. The molecule has 29 heavy (non-hydrogen) atoms. The maximum absolute atomic E-state index is 3.76. The molecular weight excluding hydrogens is 350 g/mol. The van der Waals surface area contributed by atoms with E-state index in [4.69, 9.17) is 0 Å². The van der Waals surface area contributed by atoms with Gasteiger partial charge in [-0.25, -0.2) is 0 Å². The molecule has 0 fully saturated rings. The molecule has 0 aromatic carbocycles. The van der Waals surface area contributed by atoms with Crippen LogP contribution in [0.4, 0.5) is 0 Å². The number of allylic oxidation sites excluding steroid dienone is 2. The van der Waals surface area contributed by atoms with Gasteiger partial charge >= 0.3 is 0 Å². The molecule has 162 valence electrons. The van der Waals surface area contributed by atoms with Gasteiger partial charge in [-0.15, -0.1) is 0 Å². The quantitative estimate of drug-likeness (QED) is 0.454. The van der Waals surface area contributed by atoms with Crippen LogP contribution in [0.25, 0.3) is 12.2 Å². The van der Waals surface area contributed by atoms with E-state index in [1.807, 2.05) is 0 Å². The number of rotatable bonds is 0. The third-order valence-corrected chi connectivity index (χ3v) is 8.62. The summed E-state index contributed by atoms with van der Waals surface area (Å²) < 4.78 is 0. The second-order valence-corrected chi connectivity index (χ2v) is 13.9. The molecule has 0 atom stereocenters. The zero-order valence-corrected chi connectivity index (χ0v) is 21.2. The summed E-state index contributed by atoms with van der Waals surface area (Å²) in [5, 5.41) is 0. The highest BCUT2D eigenvalue weighted by Gasteiger charge is 2.53. The van der Waals surface area contributed by atoms with Crippen molar-refractivity contribution < 1.29 is 0 Å². The fourth-order valence-electron chi connectivity index (χ4n) is 6.75. The maximum atomic E-state index is 3.76. The van der Waals surface area contributed by atoms with Gasteiger partial charge in [-0.3, -0.25) is 0 Å². The van der Waals surface area contributed by atoms with Crippen molar-refractivity contribution >= 4 is 12.2 Å². The Balaban J connectivity index is 2.18. The highest BCUT2D eigenvalue weighted by atomic mass is 14.8. The molecule has 0 spiro atoms. The molecule has 0 aliphatic heterocycles. The van der Waals surface area contributed by atoms with E-state index in [9.17, 15) is 0 Å². The Bertz CT molecular complexity index is 746. The van der Waals surface area contributed by atoms with Crippen molar-refractivity contribution in [1.29, 1.82) is 0 Å². The van der Waals surface area contributed by atoms with Crippen molar-refractivity contribution in [2.75, 3.05) is 0 Å². The Kier molecular flexibility index (Phi) is 4.76. The van der Waals surface area contributed by atoms with Gasteiger partial charge in [0.15, 0.2) is 0 Å². The summed E-state index contributed by atoms with van der Waals surface area (Å²) in [5.74, 6) is 0. The molecule has 1 nitrogen and oxygen atoms in total. The zero-order chi connectivity index (χ0) is 22.3. The van der Waals surface area contributed by atoms with Crippen molar-refractivity contribution in [2.24, 2.45) is 32.5 Å². The molecular formula is C28H45N. The Morgan fingerprint density at radius 3 is 1.07 bits per heavy atom. The summed E-state index contributed by atoms with van der Waals surface area (Å²) in [6.45, 7) is 29.0. The smallest absolute Gasteiger partial charge is 0.0417 e. The molecule has 1 heterocycles.